The molecule has 0 saturated carbocycles. The van der Waals surface area contributed by atoms with Crippen molar-refractivity contribution in [2.75, 3.05) is 13.6 Å². The average molecular weight is 225 g/mol. The molecule has 0 unspecified atom stereocenters. The molecule has 0 N–H and O–H groups in total. The van der Waals surface area contributed by atoms with E-state index in [4.69, 9.17) is 0 Å². The van der Waals surface area contributed by atoms with Crippen LogP contribution < -0.4 is 0 Å². The summed E-state index contributed by atoms with van der Waals surface area (Å²) in [5.74, 6) is 0.201. The van der Waals surface area contributed by atoms with Crippen molar-refractivity contribution in [1.82, 2.24) is 4.90 Å². The number of nitrogens with zero attached hydrogens (tertiary/aromatic N) is 1. The SMILES string of the molecule is CN(CC(C)(C)C)C(=O)Cc1cccs1. The molecule has 0 atom stereocenters. The minimum absolute atomic E-state index is 0.167. The Morgan fingerprint density at radius 2 is 2.13 bits per heavy atom. The number of carbonyl (C=O) groups excluding carboxylic acids is 1. The molecule has 0 radical (unpaired) electrons. The lowest BCUT2D eigenvalue weighted by atomic mass is 9.96. The normalized spacial score (nSPS) is 11.5. The molecule has 0 saturated heterocycles. The van der Waals surface area contributed by atoms with Gasteiger partial charge in [-0.15, -0.1) is 11.3 Å². The van der Waals surface area contributed by atoms with Gasteiger partial charge in [-0.2, -0.15) is 0 Å². The quantitative estimate of drug-likeness (QED) is 0.774. The van der Waals surface area contributed by atoms with E-state index in [1.165, 1.54) is 0 Å². The van der Waals surface area contributed by atoms with Crippen molar-refractivity contribution in [1.29, 1.82) is 0 Å². The number of amides is 1. The summed E-state index contributed by atoms with van der Waals surface area (Å²) in [5, 5.41) is 2.01. The Morgan fingerprint density at radius 1 is 1.47 bits per heavy atom. The average Bonchev–Trinajstić information content (AvgIpc) is 2.53. The Hall–Kier alpha value is -0.830. The summed E-state index contributed by atoms with van der Waals surface area (Å²) in [6, 6.07) is 3.99. The van der Waals surface area contributed by atoms with Crippen LogP contribution in [0.3, 0.4) is 0 Å². The van der Waals surface area contributed by atoms with Crippen LogP contribution in [0.5, 0.6) is 0 Å². The molecule has 84 valence electrons. The molecule has 0 aliphatic heterocycles. The molecular weight excluding hydrogens is 206 g/mol. The van der Waals surface area contributed by atoms with Crippen LogP contribution in [0.2, 0.25) is 0 Å². The van der Waals surface area contributed by atoms with Crippen LogP contribution >= 0.6 is 11.3 Å². The van der Waals surface area contributed by atoms with Gasteiger partial charge < -0.3 is 4.90 Å². The zero-order valence-corrected chi connectivity index (χ0v) is 10.7. The Labute approximate surface area is 95.9 Å². The van der Waals surface area contributed by atoms with Crippen molar-refractivity contribution in [2.24, 2.45) is 5.41 Å². The predicted molar refractivity (Wildman–Crippen MR) is 65.1 cm³/mol. The van der Waals surface area contributed by atoms with Crippen molar-refractivity contribution in [3.63, 3.8) is 0 Å². The zero-order valence-electron chi connectivity index (χ0n) is 9.91. The van der Waals surface area contributed by atoms with Crippen molar-refractivity contribution in [3.8, 4) is 0 Å². The van der Waals surface area contributed by atoms with Crippen LogP contribution in [0, 0.1) is 5.41 Å². The third-order valence-electron chi connectivity index (χ3n) is 2.04. The van der Waals surface area contributed by atoms with Crippen LogP contribution in [0.15, 0.2) is 17.5 Å². The summed E-state index contributed by atoms with van der Waals surface area (Å²) in [6.45, 7) is 7.23. The standard InChI is InChI=1S/C12H19NOS/c1-12(2,3)9-13(4)11(14)8-10-6-5-7-15-10/h5-7H,8-9H2,1-4H3. The molecule has 15 heavy (non-hydrogen) atoms. The van der Waals surface area contributed by atoms with Crippen LogP contribution in [-0.4, -0.2) is 24.4 Å². The topological polar surface area (TPSA) is 20.3 Å². The second kappa shape index (κ2) is 4.79. The lowest BCUT2D eigenvalue weighted by Crippen LogP contribution is -2.35. The third-order valence-corrected chi connectivity index (χ3v) is 2.92. The number of rotatable bonds is 3. The van der Waals surface area contributed by atoms with E-state index in [-0.39, 0.29) is 11.3 Å². The van der Waals surface area contributed by atoms with Crippen LogP contribution in [0.4, 0.5) is 0 Å². The third kappa shape index (κ3) is 4.47. The van der Waals surface area contributed by atoms with E-state index in [0.717, 1.165) is 11.4 Å². The zero-order chi connectivity index (χ0) is 11.5. The van der Waals surface area contributed by atoms with Gasteiger partial charge in [-0.1, -0.05) is 26.8 Å². The van der Waals surface area contributed by atoms with Crippen LogP contribution in [0.1, 0.15) is 25.6 Å². The maximum atomic E-state index is 11.8. The molecule has 1 amide bonds. The summed E-state index contributed by atoms with van der Waals surface area (Å²) < 4.78 is 0. The number of hydrogen-bond acceptors (Lipinski definition) is 2. The van der Waals surface area contributed by atoms with E-state index >= 15 is 0 Å². The monoisotopic (exact) mass is 225 g/mol. The van der Waals surface area contributed by atoms with E-state index in [1.54, 1.807) is 11.3 Å². The largest absolute Gasteiger partial charge is 0.345 e. The van der Waals surface area contributed by atoms with Crippen LogP contribution in [0.25, 0.3) is 0 Å². The highest BCUT2D eigenvalue weighted by atomic mass is 32.1. The number of likely N-dealkylation sites (N-methyl/N-ethyl adjacent to an activating group) is 1. The first-order valence-electron chi connectivity index (χ1n) is 5.15. The van der Waals surface area contributed by atoms with E-state index in [0.29, 0.717) is 6.42 Å². The number of carbonyl (C=O) groups is 1. The van der Waals surface area contributed by atoms with Gasteiger partial charge in [0.1, 0.15) is 0 Å². The highest BCUT2D eigenvalue weighted by molar-refractivity contribution is 7.10. The van der Waals surface area contributed by atoms with Gasteiger partial charge in [0.05, 0.1) is 6.42 Å². The van der Waals surface area contributed by atoms with Crippen molar-refractivity contribution >= 4 is 17.2 Å². The summed E-state index contributed by atoms with van der Waals surface area (Å²) >= 11 is 1.64. The second-order valence-electron chi connectivity index (χ2n) is 5.07. The molecule has 0 aromatic carbocycles. The molecule has 1 rings (SSSR count). The molecule has 3 heteroatoms. The van der Waals surface area contributed by atoms with Gasteiger partial charge in [0, 0.05) is 18.5 Å². The molecular formula is C12H19NOS. The van der Waals surface area contributed by atoms with Gasteiger partial charge in [-0.05, 0) is 16.9 Å². The maximum absolute atomic E-state index is 11.8. The van der Waals surface area contributed by atoms with Crippen molar-refractivity contribution in [3.05, 3.63) is 22.4 Å². The molecule has 0 fully saturated rings. The smallest absolute Gasteiger partial charge is 0.227 e. The lowest BCUT2D eigenvalue weighted by Gasteiger charge is -2.26. The molecule has 0 spiro atoms. The minimum Gasteiger partial charge on any atom is -0.345 e. The van der Waals surface area contributed by atoms with E-state index in [1.807, 2.05) is 29.5 Å². The highest BCUT2D eigenvalue weighted by Crippen LogP contribution is 2.16. The molecule has 0 bridgehead atoms. The lowest BCUT2D eigenvalue weighted by molar-refractivity contribution is -0.130. The molecule has 1 heterocycles. The number of thiophene rings is 1. The fourth-order valence-electron chi connectivity index (χ4n) is 1.50. The molecule has 2 nitrogen and oxygen atoms in total. The highest BCUT2D eigenvalue weighted by Gasteiger charge is 2.17. The van der Waals surface area contributed by atoms with Gasteiger partial charge in [0.15, 0.2) is 0 Å². The Balaban J connectivity index is 2.47. The maximum Gasteiger partial charge on any atom is 0.227 e. The molecule has 0 aliphatic rings. The summed E-state index contributed by atoms with van der Waals surface area (Å²) in [7, 11) is 1.88. The van der Waals surface area contributed by atoms with Gasteiger partial charge in [-0.3, -0.25) is 4.79 Å². The van der Waals surface area contributed by atoms with Gasteiger partial charge >= 0.3 is 0 Å². The molecule has 0 aliphatic carbocycles. The van der Waals surface area contributed by atoms with E-state index < -0.39 is 0 Å². The van der Waals surface area contributed by atoms with Gasteiger partial charge in [0.25, 0.3) is 0 Å². The first kappa shape index (κ1) is 12.2. The predicted octanol–water partition coefficient (Wildman–Crippen LogP) is 2.80. The van der Waals surface area contributed by atoms with E-state index in [2.05, 4.69) is 20.8 Å². The fourth-order valence-corrected chi connectivity index (χ4v) is 2.19. The Bertz CT molecular complexity index is 311. The molecule has 1 aromatic heterocycles. The molecule has 1 aromatic rings. The Kier molecular flexibility index (Phi) is 3.91. The van der Waals surface area contributed by atoms with E-state index in [9.17, 15) is 4.79 Å². The van der Waals surface area contributed by atoms with Crippen molar-refractivity contribution < 1.29 is 4.79 Å². The number of hydrogen-bond donors (Lipinski definition) is 0. The summed E-state index contributed by atoms with van der Waals surface area (Å²) in [5.41, 5.74) is 0.167. The van der Waals surface area contributed by atoms with Crippen LogP contribution in [-0.2, 0) is 11.2 Å². The van der Waals surface area contributed by atoms with Gasteiger partial charge in [-0.25, -0.2) is 0 Å². The second-order valence-corrected chi connectivity index (χ2v) is 6.10. The Morgan fingerprint density at radius 3 is 2.60 bits per heavy atom. The van der Waals surface area contributed by atoms with Gasteiger partial charge in [0.2, 0.25) is 5.91 Å². The fraction of sp³-hybridized carbons (Fsp3) is 0.583. The first-order chi connectivity index (χ1) is 6.88. The minimum atomic E-state index is 0.167. The summed E-state index contributed by atoms with van der Waals surface area (Å²) in [6.07, 6.45) is 0.532. The first-order valence-corrected chi connectivity index (χ1v) is 6.03. The summed E-state index contributed by atoms with van der Waals surface area (Å²) in [4.78, 5) is 14.8. The van der Waals surface area contributed by atoms with Crippen molar-refractivity contribution in [2.45, 2.75) is 27.2 Å².